The van der Waals surface area contributed by atoms with Gasteiger partial charge in [-0.05, 0) is 32.3 Å². The van der Waals surface area contributed by atoms with Crippen LogP contribution in [0.25, 0.3) is 0 Å². The number of nitrogens with zero attached hydrogens (tertiary/aromatic N) is 2. The van der Waals surface area contributed by atoms with Gasteiger partial charge in [0.25, 0.3) is 5.91 Å². The molecule has 1 saturated heterocycles. The van der Waals surface area contributed by atoms with E-state index in [-0.39, 0.29) is 30.4 Å². The summed E-state index contributed by atoms with van der Waals surface area (Å²) in [5.41, 5.74) is 8.17. The first-order valence-electron chi connectivity index (χ1n) is 9.73. The molecule has 8 heteroatoms. The van der Waals surface area contributed by atoms with E-state index < -0.39 is 0 Å². The van der Waals surface area contributed by atoms with Crippen LogP contribution >= 0.6 is 0 Å². The van der Waals surface area contributed by atoms with Crippen molar-refractivity contribution < 1.29 is 14.3 Å². The second-order valence-corrected chi connectivity index (χ2v) is 7.72. The molecular formula is C19H27N5O3. The van der Waals surface area contributed by atoms with Gasteiger partial charge < -0.3 is 15.0 Å². The van der Waals surface area contributed by atoms with Gasteiger partial charge in [0.05, 0.1) is 24.9 Å². The SMILES string of the molecule is COc1nc2c(cc1CNC(=O)C1CC(C)NN1)C(=O)N(C1CCCC1)C2. The number of pyridine rings is 1. The smallest absolute Gasteiger partial charge is 0.256 e. The number of fused-ring (bicyclic) bond motifs is 1. The second-order valence-electron chi connectivity index (χ2n) is 7.72. The van der Waals surface area contributed by atoms with E-state index in [1.807, 2.05) is 17.9 Å². The predicted molar refractivity (Wildman–Crippen MR) is 98.9 cm³/mol. The van der Waals surface area contributed by atoms with Crippen molar-refractivity contribution in [2.75, 3.05) is 7.11 Å². The topological polar surface area (TPSA) is 95.6 Å². The van der Waals surface area contributed by atoms with E-state index in [2.05, 4.69) is 21.2 Å². The number of hydrogen-bond donors (Lipinski definition) is 3. The number of amides is 2. The van der Waals surface area contributed by atoms with E-state index in [1.165, 1.54) is 12.8 Å². The van der Waals surface area contributed by atoms with Crippen LogP contribution in [0, 0.1) is 0 Å². The van der Waals surface area contributed by atoms with Gasteiger partial charge in [-0.15, -0.1) is 0 Å². The monoisotopic (exact) mass is 373 g/mol. The van der Waals surface area contributed by atoms with Crippen LogP contribution in [0.5, 0.6) is 5.88 Å². The zero-order valence-electron chi connectivity index (χ0n) is 15.9. The second kappa shape index (κ2) is 7.44. The maximum Gasteiger partial charge on any atom is 0.256 e. The number of nitrogens with one attached hydrogen (secondary N) is 3. The molecular weight excluding hydrogens is 346 g/mol. The Labute approximate surface area is 159 Å². The molecule has 2 fully saturated rings. The maximum atomic E-state index is 12.9. The van der Waals surface area contributed by atoms with Gasteiger partial charge in [0.15, 0.2) is 0 Å². The summed E-state index contributed by atoms with van der Waals surface area (Å²) in [6.45, 7) is 2.86. The third-order valence-electron chi connectivity index (χ3n) is 5.77. The molecule has 1 saturated carbocycles. The van der Waals surface area contributed by atoms with Crippen molar-refractivity contribution in [1.82, 2.24) is 26.1 Å². The lowest BCUT2D eigenvalue weighted by molar-refractivity contribution is -0.123. The summed E-state index contributed by atoms with van der Waals surface area (Å²) in [7, 11) is 1.57. The van der Waals surface area contributed by atoms with Gasteiger partial charge in [-0.25, -0.2) is 10.4 Å². The highest BCUT2D eigenvalue weighted by molar-refractivity contribution is 5.98. The van der Waals surface area contributed by atoms with Crippen LogP contribution in [0.4, 0.5) is 0 Å². The lowest BCUT2D eigenvalue weighted by atomic mass is 10.1. The molecule has 0 radical (unpaired) electrons. The summed E-state index contributed by atoms with van der Waals surface area (Å²) in [5.74, 6) is 0.449. The van der Waals surface area contributed by atoms with Crippen molar-refractivity contribution in [1.29, 1.82) is 0 Å². The highest BCUT2D eigenvalue weighted by Crippen LogP contribution is 2.33. The van der Waals surface area contributed by atoms with Crippen molar-refractivity contribution in [3.8, 4) is 5.88 Å². The quantitative estimate of drug-likeness (QED) is 0.709. The molecule has 27 heavy (non-hydrogen) atoms. The molecule has 0 aromatic carbocycles. The number of rotatable bonds is 5. The molecule has 2 amide bonds. The molecule has 4 rings (SSSR count). The standard InChI is InChI=1S/C19H27N5O3/c1-11-7-15(23-22-11)17(25)20-9-12-8-14-16(21-18(12)27-2)10-24(19(14)26)13-5-3-4-6-13/h8,11,13,15,22-23H,3-7,9-10H2,1-2H3,(H,20,25). The highest BCUT2D eigenvalue weighted by atomic mass is 16.5. The molecule has 8 nitrogen and oxygen atoms in total. The molecule has 146 valence electrons. The Hall–Kier alpha value is -2.19. The number of carbonyl (C=O) groups excluding carboxylic acids is 2. The summed E-state index contributed by atoms with van der Waals surface area (Å²) in [6.07, 6.45) is 5.24. The largest absolute Gasteiger partial charge is 0.481 e. The number of hydrogen-bond acceptors (Lipinski definition) is 6. The van der Waals surface area contributed by atoms with Gasteiger partial charge in [0.1, 0.15) is 6.04 Å². The molecule has 0 bridgehead atoms. The molecule has 2 aliphatic heterocycles. The van der Waals surface area contributed by atoms with Gasteiger partial charge in [0.2, 0.25) is 11.8 Å². The van der Waals surface area contributed by atoms with Crippen LogP contribution in [0.1, 0.15) is 60.6 Å². The first-order valence-corrected chi connectivity index (χ1v) is 9.73. The average Bonchev–Trinajstić information content (AvgIpc) is 3.40. The van der Waals surface area contributed by atoms with Crippen molar-refractivity contribution in [3.63, 3.8) is 0 Å². The van der Waals surface area contributed by atoms with Crippen LogP contribution in [0.15, 0.2) is 6.07 Å². The Morgan fingerprint density at radius 1 is 1.37 bits per heavy atom. The summed E-state index contributed by atoms with van der Waals surface area (Å²) in [5, 5.41) is 2.92. The van der Waals surface area contributed by atoms with E-state index >= 15 is 0 Å². The van der Waals surface area contributed by atoms with Crippen LogP contribution in [0.2, 0.25) is 0 Å². The van der Waals surface area contributed by atoms with Crippen molar-refractivity contribution in [3.05, 3.63) is 22.9 Å². The first-order chi connectivity index (χ1) is 13.1. The molecule has 3 N–H and O–H groups in total. The van der Waals surface area contributed by atoms with Gasteiger partial charge in [0, 0.05) is 24.2 Å². The van der Waals surface area contributed by atoms with Crippen LogP contribution in [-0.2, 0) is 17.9 Å². The number of methoxy groups -OCH3 is 1. The van der Waals surface area contributed by atoms with Gasteiger partial charge in [-0.1, -0.05) is 12.8 Å². The number of ether oxygens (including phenoxy) is 1. The normalized spacial score (nSPS) is 25.1. The van der Waals surface area contributed by atoms with E-state index in [1.54, 1.807) is 7.11 Å². The lowest BCUT2D eigenvalue weighted by Gasteiger charge is -2.22. The predicted octanol–water partition coefficient (Wildman–Crippen LogP) is 0.860. The fraction of sp³-hybridized carbons (Fsp3) is 0.632. The molecule has 1 aliphatic carbocycles. The summed E-state index contributed by atoms with van der Waals surface area (Å²) in [4.78, 5) is 31.7. The molecule has 1 aromatic rings. The first kappa shape index (κ1) is 18.2. The Morgan fingerprint density at radius 3 is 2.81 bits per heavy atom. The minimum absolute atomic E-state index is 0.0510. The van der Waals surface area contributed by atoms with Crippen molar-refractivity contribution in [2.45, 2.75) is 70.2 Å². The van der Waals surface area contributed by atoms with Crippen LogP contribution < -0.4 is 20.9 Å². The van der Waals surface area contributed by atoms with Crippen molar-refractivity contribution in [2.24, 2.45) is 0 Å². The fourth-order valence-corrected chi connectivity index (χ4v) is 4.27. The minimum Gasteiger partial charge on any atom is -0.481 e. The third kappa shape index (κ3) is 3.51. The highest BCUT2D eigenvalue weighted by Gasteiger charge is 2.36. The number of aromatic nitrogens is 1. The molecule has 1 aromatic heterocycles. The van der Waals surface area contributed by atoms with E-state index in [4.69, 9.17) is 4.74 Å². The maximum absolute atomic E-state index is 12.9. The zero-order valence-corrected chi connectivity index (χ0v) is 15.9. The molecule has 0 spiro atoms. The van der Waals surface area contributed by atoms with Crippen LogP contribution in [0.3, 0.4) is 0 Å². The van der Waals surface area contributed by atoms with E-state index in [0.29, 0.717) is 24.0 Å². The summed E-state index contributed by atoms with van der Waals surface area (Å²) < 4.78 is 5.42. The Morgan fingerprint density at radius 2 is 2.15 bits per heavy atom. The summed E-state index contributed by atoms with van der Waals surface area (Å²) >= 11 is 0. The van der Waals surface area contributed by atoms with E-state index in [0.717, 1.165) is 30.5 Å². The van der Waals surface area contributed by atoms with Gasteiger partial charge >= 0.3 is 0 Å². The number of hydrazine groups is 1. The molecule has 2 atom stereocenters. The molecule has 3 aliphatic rings. The van der Waals surface area contributed by atoms with Crippen molar-refractivity contribution >= 4 is 11.8 Å². The van der Waals surface area contributed by atoms with Gasteiger partial charge in [-0.2, -0.15) is 0 Å². The Balaban J connectivity index is 1.48. The summed E-state index contributed by atoms with van der Waals surface area (Å²) in [6, 6.07) is 2.16. The third-order valence-corrected chi connectivity index (χ3v) is 5.77. The average molecular weight is 373 g/mol. The molecule has 2 unspecified atom stereocenters. The molecule has 3 heterocycles. The van der Waals surface area contributed by atoms with Crippen LogP contribution in [-0.4, -0.2) is 46.9 Å². The Kier molecular flexibility index (Phi) is 5.01. The zero-order chi connectivity index (χ0) is 19.0. The van der Waals surface area contributed by atoms with Gasteiger partial charge in [-0.3, -0.25) is 15.0 Å². The van der Waals surface area contributed by atoms with E-state index in [9.17, 15) is 9.59 Å². The minimum atomic E-state index is -0.257. The Bertz CT molecular complexity index is 747. The lowest BCUT2D eigenvalue weighted by Crippen LogP contribution is -2.43. The fourth-order valence-electron chi connectivity index (χ4n) is 4.27. The number of carbonyl (C=O) groups is 2.